The van der Waals surface area contributed by atoms with Crippen LogP contribution in [0.4, 0.5) is 4.39 Å². The summed E-state index contributed by atoms with van der Waals surface area (Å²) in [6, 6.07) is 7.94. The smallest absolute Gasteiger partial charge is 0.268 e. The van der Waals surface area contributed by atoms with E-state index in [0.29, 0.717) is 34.5 Å². The van der Waals surface area contributed by atoms with Crippen LogP contribution < -0.4 is 4.74 Å². The van der Waals surface area contributed by atoms with Gasteiger partial charge in [-0.05, 0) is 37.3 Å². The lowest BCUT2D eigenvalue weighted by molar-refractivity contribution is 0.0966. The van der Waals surface area contributed by atoms with E-state index in [2.05, 4.69) is 4.98 Å². The van der Waals surface area contributed by atoms with Gasteiger partial charge in [0.15, 0.2) is 0 Å². The summed E-state index contributed by atoms with van der Waals surface area (Å²) in [5.41, 5.74) is 2.35. The molecule has 0 bridgehead atoms. The first kappa shape index (κ1) is 12.1. The molecule has 21 heavy (non-hydrogen) atoms. The van der Waals surface area contributed by atoms with Crippen LogP contribution >= 0.6 is 0 Å². The highest BCUT2D eigenvalue weighted by Crippen LogP contribution is 2.40. The fourth-order valence-electron chi connectivity index (χ4n) is 2.76. The van der Waals surface area contributed by atoms with E-state index in [1.54, 1.807) is 18.3 Å². The molecule has 0 amide bonds. The Labute approximate surface area is 119 Å². The molecule has 0 unspecified atom stereocenters. The summed E-state index contributed by atoms with van der Waals surface area (Å²) in [5.74, 6) is -0.159. The topological polar surface area (TPSA) is 44.1 Å². The molecule has 0 spiro atoms. The van der Waals surface area contributed by atoms with Crippen LogP contribution in [0.15, 0.2) is 36.5 Å². The van der Waals surface area contributed by atoms with Gasteiger partial charge in [0.05, 0.1) is 17.8 Å². The molecule has 0 saturated carbocycles. The van der Waals surface area contributed by atoms with Gasteiger partial charge in [0, 0.05) is 11.6 Å². The average Bonchev–Trinajstić information content (AvgIpc) is 3.04. The minimum Gasteiger partial charge on any atom is -0.492 e. The molecule has 0 atom stereocenters. The first-order valence-corrected chi connectivity index (χ1v) is 6.69. The van der Waals surface area contributed by atoms with Crippen molar-refractivity contribution in [1.29, 1.82) is 0 Å². The Balaban J connectivity index is 2.14. The second-order valence-corrected chi connectivity index (χ2v) is 4.83. The number of hydrogen-bond acceptors (Lipinski definition) is 3. The molecule has 4 rings (SSSR count). The van der Waals surface area contributed by atoms with Crippen LogP contribution in [-0.2, 0) is 0 Å². The van der Waals surface area contributed by atoms with Crippen LogP contribution in [0.1, 0.15) is 17.3 Å². The zero-order valence-electron chi connectivity index (χ0n) is 11.3. The van der Waals surface area contributed by atoms with E-state index in [0.717, 1.165) is 5.69 Å². The van der Waals surface area contributed by atoms with Crippen LogP contribution in [0.25, 0.3) is 22.3 Å². The van der Waals surface area contributed by atoms with E-state index in [-0.39, 0.29) is 11.7 Å². The number of ether oxygens (including phenoxy) is 1. The lowest BCUT2D eigenvalue weighted by Crippen LogP contribution is -2.08. The number of nitrogens with zero attached hydrogens (tertiary/aromatic N) is 2. The third-order valence-electron chi connectivity index (χ3n) is 3.61. The monoisotopic (exact) mass is 282 g/mol. The van der Waals surface area contributed by atoms with Crippen molar-refractivity contribution < 1.29 is 13.9 Å². The summed E-state index contributed by atoms with van der Waals surface area (Å²) in [7, 11) is 0. The molecular formula is C16H11FN2O2. The molecule has 0 N–H and O–H groups in total. The first-order chi connectivity index (χ1) is 10.2. The highest BCUT2D eigenvalue weighted by Gasteiger charge is 2.32. The molecule has 0 radical (unpaired) electrons. The molecule has 0 saturated heterocycles. The number of aromatic nitrogens is 2. The molecule has 3 aromatic rings. The van der Waals surface area contributed by atoms with Crippen LogP contribution in [0.5, 0.6) is 5.75 Å². The normalized spacial score (nSPS) is 12.6. The van der Waals surface area contributed by atoms with Crippen LogP contribution in [0.2, 0.25) is 0 Å². The van der Waals surface area contributed by atoms with E-state index in [4.69, 9.17) is 4.74 Å². The van der Waals surface area contributed by atoms with Crippen molar-refractivity contribution in [1.82, 2.24) is 9.55 Å². The molecule has 1 aromatic carbocycles. The Bertz CT molecular complexity index is 899. The van der Waals surface area contributed by atoms with Gasteiger partial charge in [0.2, 0.25) is 0 Å². The minimum absolute atomic E-state index is 0.188. The average molecular weight is 282 g/mol. The van der Waals surface area contributed by atoms with E-state index >= 15 is 0 Å². The van der Waals surface area contributed by atoms with Gasteiger partial charge in [-0.3, -0.25) is 9.36 Å². The second-order valence-electron chi connectivity index (χ2n) is 4.83. The standard InChI is InChI=1S/C16H11FN2O2/c1-2-21-15-10-8-9(17)5-6-11(10)18-14-12-4-3-7-19(12)16(20)13(14)15/h3-8H,2H2,1H3. The number of benzene rings is 1. The van der Waals surface area contributed by atoms with Crippen molar-refractivity contribution >= 4 is 16.8 Å². The number of carbonyl (C=O) groups excluding carboxylic acids is 1. The highest BCUT2D eigenvalue weighted by atomic mass is 19.1. The van der Waals surface area contributed by atoms with Gasteiger partial charge in [0.25, 0.3) is 5.91 Å². The van der Waals surface area contributed by atoms with Gasteiger partial charge in [0.1, 0.15) is 22.8 Å². The molecule has 104 valence electrons. The molecule has 0 aliphatic carbocycles. The SMILES string of the molecule is CCOc1c2c(nc3ccc(F)cc13)-c1cccn1C2=O. The maximum absolute atomic E-state index is 13.5. The number of hydrogen-bond donors (Lipinski definition) is 0. The Kier molecular flexibility index (Phi) is 2.39. The van der Waals surface area contributed by atoms with Crippen LogP contribution in [0.3, 0.4) is 0 Å². The molecule has 2 aromatic heterocycles. The summed E-state index contributed by atoms with van der Waals surface area (Å²) in [4.78, 5) is 17.0. The predicted molar refractivity (Wildman–Crippen MR) is 76.0 cm³/mol. The first-order valence-electron chi connectivity index (χ1n) is 6.69. The fraction of sp³-hybridized carbons (Fsp3) is 0.125. The van der Waals surface area contributed by atoms with Crippen molar-refractivity contribution in [3.05, 3.63) is 47.9 Å². The number of fused-ring (bicyclic) bond motifs is 4. The quantitative estimate of drug-likeness (QED) is 0.567. The molecule has 1 aliphatic rings. The number of rotatable bonds is 2. The van der Waals surface area contributed by atoms with Gasteiger partial charge in [-0.1, -0.05) is 0 Å². The molecular weight excluding hydrogens is 271 g/mol. The highest BCUT2D eigenvalue weighted by molar-refractivity contribution is 6.13. The van der Waals surface area contributed by atoms with E-state index in [1.807, 2.05) is 13.0 Å². The van der Waals surface area contributed by atoms with E-state index in [9.17, 15) is 9.18 Å². The minimum atomic E-state index is -0.379. The summed E-state index contributed by atoms with van der Waals surface area (Å²) >= 11 is 0. The molecule has 1 aliphatic heterocycles. The fourth-order valence-corrected chi connectivity index (χ4v) is 2.76. The maximum atomic E-state index is 13.5. The number of pyridine rings is 1. The number of carbonyl (C=O) groups is 1. The Hall–Kier alpha value is -2.69. The third-order valence-corrected chi connectivity index (χ3v) is 3.61. The number of halogens is 1. The maximum Gasteiger partial charge on any atom is 0.268 e. The lowest BCUT2D eigenvalue weighted by atomic mass is 10.1. The largest absolute Gasteiger partial charge is 0.492 e. The zero-order valence-corrected chi connectivity index (χ0v) is 11.3. The van der Waals surface area contributed by atoms with Gasteiger partial charge in [-0.15, -0.1) is 0 Å². The predicted octanol–water partition coefficient (Wildman–Crippen LogP) is 3.24. The third kappa shape index (κ3) is 1.54. The van der Waals surface area contributed by atoms with Gasteiger partial charge in [-0.25, -0.2) is 9.37 Å². The summed E-state index contributed by atoms with van der Waals surface area (Å²) < 4.78 is 20.7. The van der Waals surface area contributed by atoms with Crippen molar-refractivity contribution in [3.63, 3.8) is 0 Å². The summed E-state index contributed by atoms with van der Waals surface area (Å²) in [6.07, 6.45) is 1.69. The zero-order chi connectivity index (χ0) is 14.6. The van der Waals surface area contributed by atoms with Crippen molar-refractivity contribution in [2.24, 2.45) is 0 Å². The van der Waals surface area contributed by atoms with Crippen molar-refractivity contribution in [2.45, 2.75) is 6.92 Å². The summed E-state index contributed by atoms with van der Waals surface area (Å²) in [6.45, 7) is 2.22. The van der Waals surface area contributed by atoms with E-state index in [1.165, 1.54) is 16.7 Å². The second kappa shape index (κ2) is 4.15. The van der Waals surface area contributed by atoms with Gasteiger partial charge in [-0.2, -0.15) is 0 Å². The molecule has 4 nitrogen and oxygen atoms in total. The van der Waals surface area contributed by atoms with Crippen molar-refractivity contribution in [2.75, 3.05) is 6.61 Å². The Morgan fingerprint density at radius 1 is 1.33 bits per heavy atom. The lowest BCUT2D eigenvalue weighted by Gasteiger charge is -2.11. The molecule has 3 heterocycles. The van der Waals surface area contributed by atoms with Gasteiger partial charge >= 0.3 is 0 Å². The molecule has 0 fully saturated rings. The Morgan fingerprint density at radius 3 is 3.00 bits per heavy atom. The van der Waals surface area contributed by atoms with Gasteiger partial charge < -0.3 is 4.74 Å². The Morgan fingerprint density at radius 2 is 2.19 bits per heavy atom. The van der Waals surface area contributed by atoms with Crippen LogP contribution in [0, 0.1) is 5.82 Å². The van der Waals surface area contributed by atoms with Crippen LogP contribution in [-0.4, -0.2) is 22.1 Å². The molecule has 5 heteroatoms. The van der Waals surface area contributed by atoms with Crippen molar-refractivity contribution in [3.8, 4) is 17.1 Å². The summed E-state index contributed by atoms with van der Waals surface area (Å²) in [5, 5.41) is 0.523. The van der Waals surface area contributed by atoms with E-state index < -0.39 is 0 Å².